The number of benzene rings is 2. The Morgan fingerprint density at radius 2 is 1.65 bits per heavy atom. The van der Waals surface area contributed by atoms with Crippen LogP contribution in [0.1, 0.15) is 36.7 Å². The summed E-state index contributed by atoms with van der Waals surface area (Å²) in [7, 11) is 0. The van der Waals surface area contributed by atoms with Crippen LogP contribution in [-0.4, -0.2) is 23.3 Å². The fourth-order valence-corrected chi connectivity index (χ4v) is 3.14. The number of rotatable bonds is 5. The van der Waals surface area contributed by atoms with Crippen molar-refractivity contribution in [3.63, 3.8) is 0 Å². The maximum Gasteiger partial charge on any atom is 0.269 e. The molecule has 0 atom stereocenters. The standard InChI is InChI=1S/C20H25N3OS2/c1-20(2,3)16-11-9-15(10-12-16)18(24)22-23-19(25)21-13-14-26-17-7-5-4-6-8-17/h4-12H,13-14H2,1-3H3,(H,22,24)(H2,21,23,25). The van der Waals surface area contributed by atoms with E-state index >= 15 is 0 Å². The first-order valence-corrected chi connectivity index (χ1v) is 9.88. The number of thiocarbonyl (C=S) groups is 1. The Morgan fingerprint density at radius 1 is 1.00 bits per heavy atom. The molecule has 3 N–H and O–H groups in total. The summed E-state index contributed by atoms with van der Waals surface area (Å²) in [4.78, 5) is 13.4. The number of carbonyl (C=O) groups excluding carboxylic acids is 1. The second-order valence-corrected chi connectivity index (χ2v) is 8.40. The SMILES string of the molecule is CC(C)(C)c1ccc(C(=O)NNC(=S)NCCSc2ccccc2)cc1. The van der Waals surface area contributed by atoms with Crippen molar-refractivity contribution < 1.29 is 4.79 Å². The predicted molar refractivity (Wildman–Crippen MR) is 114 cm³/mol. The zero-order valence-electron chi connectivity index (χ0n) is 15.3. The summed E-state index contributed by atoms with van der Waals surface area (Å²) in [6.45, 7) is 7.14. The largest absolute Gasteiger partial charge is 0.361 e. The van der Waals surface area contributed by atoms with Crippen LogP contribution in [0.2, 0.25) is 0 Å². The number of amides is 1. The summed E-state index contributed by atoms with van der Waals surface area (Å²) in [6.07, 6.45) is 0. The highest BCUT2D eigenvalue weighted by Crippen LogP contribution is 2.22. The molecular weight excluding hydrogens is 362 g/mol. The summed E-state index contributed by atoms with van der Waals surface area (Å²) in [5.74, 6) is 0.668. The number of hydrazine groups is 1. The monoisotopic (exact) mass is 387 g/mol. The Kier molecular flexibility index (Phi) is 7.48. The summed E-state index contributed by atoms with van der Waals surface area (Å²) in [6, 6.07) is 17.8. The maximum atomic E-state index is 12.2. The van der Waals surface area contributed by atoms with Crippen LogP contribution in [-0.2, 0) is 5.41 Å². The lowest BCUT2D eigenvalue weighted by molar-refractivity contribution is 0.0943. The molecule has 138 valence electrons. The van der Waals surface area contributed by atoms with Crippen molar-refractivity contribution in [1.82, 2.24) is 16.2 Å². The molecule has 0 saturated heterocycles. The molecule has 0 saturated carbocycles. The van der Waals surface area contributed by atoms with E-state index in [2.05, 4.69) is 49.1 Å². The summed E-state index contributed by atoms with van der Waals surface area (Å²) >= 11 is 6.93. The summed E-state index contributed by atoms with van der Waals surface area (Å²) in [5.41, 5.74) is 7.20. The lowest BCUT2D eigenvalue weighted by Crippen LogP contribution is -2.47. The van der Waals surface area contributed by atoms with Crippen molar-refractivity contribution >= 4 is 35.0 Å². The van der Waals surface area contributed by atoms with Crippen molar-refractivity contribution in [3.05, 3.63) is 65.7 Å². The summed E-state index contributed by atoms with van der Waals surface area (Å²) < 4.78 is 0. The van der Waals surface area contributed by atoms with Gasteiger partial charge in [-0.25, -0.2) is 0 Å². The molecule has 0 fully saturated rings. The van der Waals surface area contributed by atoms with E-state index in [4.69, 9.17) is 12.2 Å². The lowest BCUT2D eigenvalue weighted by Gasteiger charge is -2.19. The van der Waals surface area contributed by atoms with Gasteiger partial charge in [-0.1, -0.05) is 51.1 Å². The first kappa shape index (κ1) is 20.3. The van der Waals surface area contributed by atoms with Gasteiger partial charge in [0.15, 0.2) is 5.11 Å². The minimum absolute atomic E-state index is 0.0660. The molecule has 0 radical (unpaired) electrons. The Balaban J connectivity index is 1.69. The number of hydrogen-bond donors (Lipinski definition) is 3. The van der Waals surface area contributed by atoms with Gasteiger partial charge in [-0.3, -0.25) is 15.6 Å². The molecule has 0 spiro atoms. The number of hydrogen-bond acceptors (Lipinski definition) is 3. The molecule has 0 aliphatic rings. The van der Waals surface area contributed by atoms with Gasteiger partial charge in [0, 0.05) is 22.8 Å². The third kappa shape index (κ3) is 6.69. The van der Waals surface area contributed by atoms with Crippen LogP contribution in [0.3, 0.4) is 0 Å². The predicted octanol–water partition coefficient (Wildman–Crippen LogP) is 3.89. The Hall–Kier alpha value is -2.05. The second-order valence-electron chi connectivity index (χ2n) is 6.82. The molecule has 0 aliphatic carbocycles. The molecular formula is C20H25N3OS2. The fraction of sp³-hybridized carbons (Fsp3) is 0.300. The minimum Gasteiger partial charge on any atom is -0.361 e. The Morgan fingerprint density at radius 3 is 2.27 bits per heavy atom. The van der Waals surface area contributed by atoms with Gasteiger partial charge in [-0.05, 0) is 47.5 Å². The van der Waals surface area contributed by atoms with E-state index in [0.29, 0.717) is 17.2 Å². The van der Waals surface area contributed by atoms with Crippen LogP contribution in [0.25, 0.3) is 0 Å². The van der Waals surface area contributed by atoms with Crippen molar-refractivity contribution in [2.24, 2.45) is 0 Å². The Labute approximate surface area is 165 Å². The fourth-order valence-electron chi connectivity index (χ4n) is 2.20. The smallest absolute Gasteiger partial charge is 0.269 e. The summed E-state index contributed by atoms with van der Waals surface area (Å²) in [5, 5.41) is 3.47. The molecule has 0 bridgehead atoms. The van der Waals surface area contributed by atoms with Crippen molar-refractivity contribution in [1.29, 1.82) is 0 Å². The van der Waals surface area contributed by atoms with Crippen LogP contribution in [0.15, 0.2) is 59.5 Å². The molecule has 26 heavy (non-hydrogen) atoms. The van der Waals surface area contributed by atoms with Gasteiger partial charge in [0.05, 0.1) is 0 Å². The highest BCUT2D eigenvalue weighted by atomic mass is 32.2. The van der Waals surface area contributed by atoms with E-state index in [9.17, 15) is 4.79 Å². The van der Waals surface area contributed by atoms with Crippen LogP contribution in [0.5, 0.6) is 0 Å². The van der Waals surface area contributed by atoms with Gasteiger partial charge >= 0.3 is 0 Å². The molecule has 1 amide bonds. The molecule has 0 aliphatic heterocycles. The van der Waals surface area contributed by atoms with E-state index in [0.717, 1.165) is 5.75 Å². The van der Waals surface area contributed by atoms with Crippen molar-refractivity contribution in [3.8, 4) is 0 Å². The molecule has 0 aromatic heterocycles. The first-order chi connectivity index (χ1) is 12.4. The van der Waals surface area contributed by atoms with Crippen LogP contribution < -0.4 is 16.2 Å². The van der Waals surface area contributed by atoms with Crippen LogP contribution in [0, 0.1) is 0 Å². The van der Waals surface area contributed by atoms with Gasteiger partial charge < -0.3 is 5.32 Å². The van der Waals surface area contributed by atoms with Crippen molar-refractivity contribution in [2.75, 3.05) is 12.3 Å². The van der Waals surface area contributed by atoms with Gasteiger partial charge in [0.1, 0.15) is 0 Å². The van der Waals surface area contributed by atoms with Gasteiger partial charge in [-0.15, -0.1) is 11.8 Å². The number of carbonyl (C=O) groups is 1. The average Bonchev–Trinajstić information content (AvgIpc) is 2.63. The molecule has 2 aromatic carbocycles. The second kappa shape index (κ2) is 9.59. The highest BCUT2D eigenvalue weighted by Gasteiger charge is 2.14. The zero-order valence-corrected chi connectivity index (χ0v) is 17.0. The Bertz CT molecular complexity index is 725. The van der Waals surface area contributed by atoms with Crippen LogP contribution >= 0.6 is 24.0 Å². The van der Waals surface area contributed by atoms with E-state index in [-0.39, 0.29) is 11.3 Å². The molecule has 4 nitrogen and oxygen atoms in total. The normalized spacial score (nSPS) is 10.9. The highest BCUT2D eigenvalue weighted by molar-refractivity contribution is 7.99. The van der Waals surface area contributed by atoms with E-state index in [1.54, 1.807) is 11.8 Å². The van der Waals surface area contributed by atoms with Crippen LogP contribution in [0.4, 0.5) is 0 Å². The van der Waals surface area contributed by atoms with E-state index < -0.39 is 0 Å². The minimum atomic E-state index is -0.215. The molecule has 0 heterocycles. The molecule has 0 unspecified atom stereocenters. The van der Waals surface area contributed by atoms with E-state index in [1.807, 2.05) is 42.5 Å². The van der Waals surface area contributed by atoms with Crippen molar-refractivity contribution in [2.45, 2.75) is 31.1 Å². The van der Waals surface area contributed by atoms with Gasteiger partial charge in [-0.2, -0.15) is 0 Å². The number of thioether (sulfide) groups is 1. The third-order valence-electron chi connectivity index (χ3n) is 3.70. The van der Waals surface area contributed by atoms with Gasteiger partial charge in [0.2, 0.25) is 0 Å². The quantitative estimate of drug-likeness (QED) is 0.315. The van der Waals surface area contributed by atoms with Gasteiger partial charge in [0.25, 0.3) is 5.91 Å². The number of nitrogens with one attached hydrogen (secondary N) is 3. The molecule has 6 heteroatoms. The third-order valence-corrected chi connectivity index (χ3v) is 4.96. The lowest BCUT2D eigenvalue weighted by atomic mass is 9.87. The van der Waals surface area contributed by atoms with E-state index in [1.165, 1.54) is 10.5 Å². The maximum absolute atomic E-state index is 12.2. The topological polar surface area (TPSA) is 53.2 Å². The molecule has 2 rings (SSSR count). The first-order valence-electron chi connectivity index (χ1n) is 8.49. The zero-order chi connectivity index (χ0) is 19.0. The average molecular weight is 388 g/mol. The molecule has 2 aromatic rings.